The van der Waals surface area contributed by atoms with E-state index in [0.717, 1.165) is 25.1 Å². The van der Waals surface area contributed by atoms with Gasteiger partial charge in [-0.25, -0.2) is 0 Å². The molecule has 88 valence electrons. The summed E-state index contributed by atoms with van der Waals surface area (Å²) in [6.07, 6.45) is 4.17. The molecule has 0 aliphatic rings. The number of rotatable bonds is 7. The normalized spacial score (nSPS) is 12.1. The molecule has 2 heteroatoms. The van der Waals surface area contributed by atoms with Crippen LogP contribution in [-0.4, -0.2) is 13.7 Å². The van der Waals surface area contributed by atoms with Crippen LogP contribution in [0.25, 0.3) is 0 Å². The minimum Gasteiger partial charge on any atom is -0.497 e. The molecule has 0 amide bonds. The zero-order chi connectivity index (χ0) is 11.8. The van der Waals surface area contributed by atoms with Crippen LogP contribution in [0.2, 0.25) is 0 Å². The van der Waals surface area contributed by atoms with Gasteiger partial charge in [-0.3, -0.25) is 0 Å². The van der Waals surface area contributed by atoms with Gasteiger partial charge in [0.15, 0.2) is 0 Å². The van der Waals surface area contributed by atoms with E-state index in [4.69, 9.17) is 4.74 Å². The van der Waals surface area contributed by atoms with Crippen LogP contribution in [0.5, 0.6) is 5.75 Å². The van der Waals surface area contributed by atoms with Gasteiger partial charge in [0.05, 0.1) is 7.11 Å². The lowest BCUT2D eigenvalue weighted by atomic mass is 10.1. The van der Waals surface area contributed by atoms with Gasteiger partial charge < -0.3 is 10.1 Å². The lowest BCUT2D eigenvalue weighted by Gasteiger charge is -2.14. The second-order valence-electron chi connectivity index (χ2n) is 3.88. The van der Waals surface area contributed by atoms with Crippen LogP contribution >= 0.6 is 0 Å². The van der Waals surface area contributed by atoms with Crippen molar-refractivity contribution in [2.24, 2.45) is 0 Å². The zero-order valence-electron chi connectivity index (χ0n) is 10.2. The first-order chi connectivity index (χ1) is 7.77. The van der Waals surface area contributed by atoms with Crippen molar-refractivity contribution < 1.29 is 4.74 Å². The standard InChI is InChI=1S/C14H21NO/c1-4-5-6-11-15-12(2)13-7-9-14(16-3)10-8-13/h4,7-10,12,15H,1,5-6,11H2,2-3H3/t12-/m1/s1. The summed E-state index contributed by atoms with van der Waals surface area (Å²) in [5.41, 5.74) is 1.29. The smallest absolute Gasteiger partial charge is 0.118 e. The molecule has 16 heavy (non-hydrogen) atoms. The largest absolute Gasteiger partial charge is 0.497 e. The molecule has 0 saturated heterocycles. The Labute approximate surface area is 98.3 Å². The average Bonchev–Trinajstić information content (AvgIpc) is 2.34. The van der Waals surface area contributed by atoms with E-state index < -0.39 is 0 Å². The van der Waals surface area contributed by atoms with Gasteiger partial charge in [-0.1, -0.05) is 18.2 Å². The third-order valence-corrected chi connectivity index (χ3v) is 2.65. The summed E-state index contributed by atoms with van der Waals surface area (Å²) in [7, 11) is 1.69. The zero-order valence-corrected chi connectivity index (χ0v) is 10.2. The maximum Gasteiger partial charge on any atom is 0.118 e. The van der Waals surface area contributed by atoms with Crippen molar-refractivity contribution in [2.45, 2.75) is 25.8 Å². The Morgan fingerprint density at radius 2 is 2.06 bits per heavy atom. The molecule has 1 N–H and O–H groups in total. The van der Waals surface area contributed by atoms with Gasteiger partial charge in [-0.2, -0.15) is 0 Å². The highest BCUT2D eigenvalue weighted by molar-refractivity contribution is 5.28. The fourth-order valence-corrected chi connectivity index (χ4v) is 1.58. The quantitative estimate of drug-likeness (QED) is 0.561. The second kappa shape index (κ2) is 7.07. The number of methoxy groups -OCH3 is 1. The van der Waals surface area contributed by atoms with Crippen molar-refractivity contribution in [3.8, 4) is 5.75 Å². The minimum absolute atomic E-state index is 0.385. The first kappa shape index (κ1) is 12.8. The Morgan fingerprint density at radius 3 is 2.62 bits per heavy atom. The molecule has 0 fully saturated rings. The van der Waals surface area contributed by atoms with Gasteiger partial charge in [0, 0.05) is 6.04 Å². The van der Waals surface area contributed by atoms with Crippen molar-refractivity contribution in [1.82, 2.24) is 5.32 Å². The monoisotopic (exact) mass is 219 g/mol. The van der Waals surface area contributed by atoms with E-state index in [0.29, 0.717) is 6.04 Å². The van der Waals surface area contributed by atoms with E-state index in [-0.39, 0.29) is 0 Å². The SMILES string of the molecule is C=CCCCN[C@H](C)c1ccc(OC)cc1. The van der Waals surface area contributed by atoms with E-state index in [9.17, 15) is 0 Å². The maximum absolute atomic E-state index is 5.13. The maximum atomic E-state index is 5.13. The fraction of sp³-hybridized carbons (Fsp3) is 0.429. The Balaban J connectivity index is 2.39. The van der Waals surface area contributed by atoms with Crippen molar-refractivity contribution >= 4 is 0 Å². The van der Waals surface area contributed by atoms with Gasteiger partial charge in [0.2, 0.25) is 0 Å². The summed E-state index contributed by atoms with van der Waals surface area (Å²) in [5, 5.41) is 3.48. The number of benzene rings is 1. The van der Waals surface area contributed by atoms with E-state index in [1.165, 1.54) is 5.56 Å². The van der Waals surface area contributed by atoms with E-state index in [1.54, 1.807) is 7.11 Å². The van der Waals surface area contributed by atoms with Gasteiger partial charge in [0.25, 0.3) is 0 Å². The van der Waals surface area contributed by atoms with Crippen molar-refractivity contribution in [3.05, 3.63) is 42.5 Å². The predicted molar refractivity (Wildman–Crippen MR) is 68.8 cm³/mol. The molecule has 0 heterocycles. The Bertz CT molecular complexity index is 305. The molecule has 0 saturated carbocycles. The molecule has 0 unspecified atom stereocenters. The van der Waals surface area contributed by atoms with Gasteiger partial charge in [-0.05, 0) is 44.0 Å². The molecule has 0 bridgehead atoms. The Morgan fingerprint density at radius 1 is 1.38 bits per heavy atom. The summed E-state index contributed by atoms with van der Waals surface area (Å²) < 4.78 is 5.13. The molecule has 0 radical (unpaired) electrons. The molecule has 0 aliphatic carbocycles. The van der Waals surface area contributed by atoms with Crippen LogP contribution in [0.4, 0.5) is 0 Å². The summed E-state index contributed by atoms with van der Waals surface area (Å²) >= 11 is 0. The lowest BCUT2D eigenvalue weighted by molar-refractivity contribution is 0.414. The van der Waals surface area contributed by atoms with E-state index >= 15 is 0 Å². The van der Waals surface area contributed by atoms with Crippen LogP contribution in [0.1, 0.15) is 31.4 Å². The Kier molecular flexibility index (Phi) is 5.65. The van der Waals surface area contributed by atoms with Crippen molar-refractivity contribution in [2.75, 3.05) is 13.7 Å². The van der Waals surface area contributed by atoms with Gasteiger partial charge >= 0.3 is 0 Å². The number of hydrogen-bond donors (Lipinski definition) is 1. The number of hydrogen-bond acceptors (Lipinski definition) is 2. The number of ether oxygens (including phenoxy) is 1. The molecule has 0 aliphatic heterocycles. The van der Waals surface area contributed by atoms with Crippen molar-refractivity contribution in [1.29, 1.82) is 0 Å². The van der Waals surface area contributed by atoms with Crippen LogP contribution in [0, 0.1) is 0 Å². The highest BCUT2D eigenvalue weighted by Crippen LogP contribution is 2.17. The topological polar surface area (TPSA) is 21.3 Å². The molecule has 1 atom stereocenters. The molecular formula is C14H21NO. The molecule has 1 aromatic rings. The van der Waals surface area contributed by atoms with E-state index in [2.05, 4.69) is 31.0 Å². The molecule has 1 aromatic carbocycles. The number of unbranched alkanes of at least 4 members (excludes halogenated alkanes) is 1. The molecular weight excluding hydrogens is 198 g/mol. The van der Waals surface area contributed by atoms with Crippen LogP contribution in [-0.2, 0) is 0 Å². The first-order valence-corrected chi connectivity index (χ1v) is 5.76. The first-order valence-electron chi connectivity index (χ1n) is 5.76. The summed E-state index contributed by atoms with van der Waals surface area (Å²) in [6.45, 7) is 6.92. The summed E-state index contributed by atoms with van der Waals surface area (Å²) in [4.78, 5) is 0. The lowest BCUT2D eigenvalue weighted by Crippen LogP contribution is -2.19. The average molecular weight is 219 g/mol. The second-order valence-corrected chi connectivity index (χ2v) is 3.88. The Hall–Kier alpha value is -1.28. The van der Waals surface area contributed by atoms with Gasteiger partial charge in [0.1, 0.15) is 5.75 Å². The molecule has 0 spiro atoms. The minimum atomic E-state index is 0.385. The van der Waals surface area contributed by atoms with E-state index in [1.807, 2.05) is 18.2 Å². The molecule has 2 nitrogen and oxygen atoms in total. The summed E-state index contributed by atoms with van der Waals surface area (Å²) in [5.74, 6) is 0.905. The summed E-state index contributed by atoms with van der Waals surface area (Å²) in [6, 6.07) is 8.58. The van der Waals surface area contributed by atoms with Crippen molar-refractivity contribution in [3.63, 3.8) is 0 Å². The molecule has 0 aromatic heterocycles. The van der Waals surface area contributed by atoms with Crippen LogP contribution < -0.4 is 10.1 Å². The highest BCUT2D eigenvalue weighted by Gasteiger charge is 2.03. The third kappa shape index (κ3) is 4.07. The fourth-order valence-electron chi connectivity index (χ4n) is 1.58. The number of allylic oxidation sites excluding steroid dienone is 1. The number of nitrogens with one attached hydrogen (secondary N) is 1. The highest BCUT2D eigenvalue weighted by atomic mass is 16.5. The predicted octanol–water partition coefficient (Wildman–Crippen LogP) is 3.31. The van der Waals surface area contributed by atoms with Crippen LogP contribution in [0.15, 0.2) is 36.9 Å². The van der Waals surface area contributed by atoms with Gasteiger partial charge in [-0.15, -0.1) is 6.58 Å². The molecule has 1 rings (SSSR count). The van der Waals surface area contributed by atoms with Crippen LogP contribution in [0.3, 0.4) is 0 Å². The third-order valence-electron chi connectivity index (χ3n) is 2.65.